The molecule has 0 bridgehead atoms. The number of carboxylic acid groups (broad SMARTS) is 1. The molecule has 30 heavy (non-hydrogen) atoms. The summed E-state index contributed by atoms with van der Waals surface area (Å²) in [6.45, 7) is 4.16. The van der Waals surface area contributed by atoms with E-state index in [-0.39, 0.29) is 24.0 Å². The zero-order valence-electron chi connectivity index (χ0n) is 17.4. The maximum atomic E-state index is 12.3. The van der Waals surface area contributed by atoms with Gasteiger partial charge in [0.2, 0.25) is 5.91 Å². The van der Waals surface area contributed by atoms with E-state index in [1.807, 2.05) is 6.07 Å². The van der Waals surface area contributed by atoms with E-state index < -0.39 is 0 Å². The first-order chi connectivity index (χ1) is 14.5. The van der Waals surface area contributed by atoms with Crippen LogP contribution in [0.2, 0.25) is 0 Å². The Balaban J connectivity index is 0.000000806. The van der Waals surface area contributed by atoms with E-state index in [0.29, 0.717) is 17.9 Å². The van der Waals surface area contributed by atoms with Crippen LogP contribution in [0, 0.1) is 0 Å². The van der Waals surface area contributed by atoms with Crippen molar-refractivity contribution in [1.29, 1.82) is 0 Å². The average molecular weight is 412 g/mol. The van der Waals surface area contributed by atoms with Gasteiger partial charge in [-0.25, -0.2) is 0 Å². The van der Waals surface area contributed by atoms with Crippen molar-refractivity contribution >= 4 is 23.8 Å². The maximum Gasteiger partial charge on any atom is 0.290 e. The third-order valence-electron chi connectivity index (χ3n) is 5.60. The smallest absolute Gasteiger partial charge is 0.290 e. The number of aromatic hydroxyl groups is 1. The van der Waals surface area contributed by atoms with E-state index in [2.05, 4.69) is 35.3 Å². The number of amides is 1. The van der Waals surface area contributed by atoms with Gasteiger partial charge in [0.05, 0.1) is 7.11 Å². The van der Waals surface area contributed by atoms with Gasteiger partial charge in [0.1, 0.15) is 0 Å². The molecule has 0 radical (unpaired) electrons. The van der Waals surface area contributed by atoms with E-state index in [9.17, 15) is 9.90 Å². The van der Waals surface area contributed by atoms with Crippen LogP contribution in [0.15, 0.2) is 30.3 Å². The number of methoxy groups -OCH3 is 1. The number of carbonyl (C=O) groups excluding carboxylic acids is 1. The van der Waals surface area contributed by atoms with Crippen LogP contribution in [0.3, 0.4) is 0 Å². The van der Waals surface area contributed by atoms with Gasteiger partial charge >= 0.3 is 0 Å². The molecule has 4 rings (SSSR count). The highest BCUT2D eigenvalue weighted by Gasteiger charge is 2.29. The maximum absolute atomic E-state index is 12.3. The summed E-state index contributed by atoms with van der Waals surface area (Å²) >= 11 is 0. The zero-order valence-corrected chi connectivity index (χ0v) is 17.4. The Labute approximate surface area is 176 Å². The van der Waals surface area contributed by atoms with Crippen LogP contribution in [-0.2, 0) is 16.0 Å². The highest BCUT2D eigenvalue weighted by Crippen LogP contribution is 2.43. The number of nitrogens with one attached hydrogen (secondary N) is 1. The average Bonchev–Trinajstić information content (AvgIpc) is 2.73. The predicted molar refractivity (Wildman–Crippen MR) is 116 cm³/mol. The summed E-state index contributed by atoms with van der Waals surface area (Å²) in [6.07, 6.45) is 3.78. The number of carbonyl (C=O) groups is 2. The van der Waals surface area contributed by atoms with Gasteiger partial charge in [0.15, 0.2) is 11.5 Å². The number of phenols is 1. The number of aryl methyl sites for hydroxylation is 1. The molecule has 2 heterocycles. The number of nitrogens with zero attached hydrogens (tertiary/aromatic N) is 1. The quantitative estimate of drug-likeness (QED) is 0.662. The van der Waals surface area contributed by atoms with Crippen LogP contribution in [-0.4, -0.2) is 42.8 Å². The number of ether oxygens (including phenoxy) is 1. The third-order valence-corrected chi connectivity index (χ3v) is 5.60. The van der Waals surface area contributed by atoms with E-state index in [1.54, 1.807) is 13.2 Å². The molecular formula is C23H28N2O5. The van der Waals surface area contributed by atoms with Gasteiger partial charge in [-0.15, -0.1) is 0 Å². The number of hydrogen-bond donors (Lipinski definition) is 3. The Morgan fingerprint density at radius 3 is 2.77 bits per heavy atom. The number of fused-ring (bicyclic) bond motifs is 2. The molecule has 160 valence electrons. The van der Waals surface area contributed by atoms with Crippen LogP contribution in [0.5, 0.6) is 11.5 Å². The molecule has 2 aliphatic rings. The molecule has 2 aromatic carbocycles. The van der Waals surface area contributed by atoms with Gasteiger partial charge < -0.3 is 25.2 Å². The van der Waals surface area contributed by atoms with Gasteiger partial charge in [-0.1, -0.05) is 19.1 Å². The summed E-state index contributed by atoms with van der Waals surface area (Å²) in [4.78, 5) is 23.1. The highest BCUT2D eigenvalue weighted by atomic mass is 16.5. The zero-order chi connectivity index (χ0) is 21.7. The van der Waals surface area contributed by atoms with Crippen LogP contribution in [0.4, 0.5) is 11.4 Å². The minimum absolute atomic E-state index is 0.0256. The van der Waals surface area contributed by atoms with Crippen LogP contribution in [0.25, 0.3) is 0 Å². The van der Waals surface area contributed by atoms with Crippen LogP contribution in [0.1, 0.15) is 48.8 Å². The standard InChI is InChI=1S/C22H26N2O3.CH2O2/c1-3-8-24-9-4-5-15-10-14(6-7-19(15)24)16-12-22(26)23-18-13-20(25)21(27-2)11-17(16)18;2-1-3/h6-7,10-11,13,16,25H,3-5,8-9,12H2,1-2H3,(H,23,26);1H,(H,2,3). The monoisotopic (exact) mass is 412 g/mol. The van der Waals surface area contributed by atoms with E-state index in [4.69, 9.17) is 14.6 Å². The summed E-state index contributed by atoms with van der Waals surface area (Å²) in [5.41, 5.74) is 5.50. The van der Waals surface area contributed by atoms with Crippen molar-refractivity contribution in [2.24, 2.45) is 0 Å². The van der Waals surface area contributed by atoms with Crippen molar-refractivity contribution in [1.82, 2.24) is 0 Å². The summed E-state index contributed by atoms with van der Waals surface area (Å²) in [5.74, 6) is 0.414. The molecule has 0 aliphatic carbocycles. The number of phenolic OH excluding ortho intramolecular Hbond substituents is 1. The molecule has 1 unspecified atom stereocenters. The van der Waals surface area contributed by atoms with E-state index in [1.165, 1.54) is 17.7 Å². The number of hydrogen-bond acceptors (Lipinski definition) is 5. The van der Waals surface area contributed by atoms with Crippen LogP contribution >= 0.6 is 0 Å². The molecule has 2 aliphatic heterocycles. The molecular weight excluding hydrogens is 384 g/mol. The summed E-state index contributed by atoms with van der Waals surface area (Å²) in [7, 11) is 1.54. The highest BCUT2D eigenvalue weighted by molar-refractivity contribution is 5.96. The SMILES string of the molecule is CCCN1CCCc2cc(C3CC(=O)Nc4cc(O)c(OC)cc43)ccc21.O=CO. The topological polar surface area (TPSA) is 99.1 Å². The second-order valence-corrected chi connectivity index (χ2v) is 7.50. The largest absolute Gasteiger partial charge is 0.504 e. The Morgan fingerprint density at radius 1 is 1.30 bits per heavy atom. The lowest BCUT2D eigenvalue weighted by atomic mass is 9.83. The summed E-state index contributed by atoms with van der Waals surface area (Å²) in [6, 6.07) is 10.1. The molecule has 0 aromatic heterocycles. The Kier molecular flexibility index (Phi) is 6.82. The van der Waals surface area contributed by atoms with E-state index in [0.717, 1.165) is 37.1 Å². The van der Waals surface area contributed by atoms with Crippen molar-refractivity contribution in [3.05, 3.63) is 47.0 Å². The fourth-order valence-electron chi connectivity index (χ4n) is 4.35. The first-order valence-corrected chi connectivity index (χ1v) is 10.2. The molecule has 0 saturated carbocycles. The minimum Gasteiger partial charge on any atom is -0.504 e. The van der Waals surface area contributed by atoms with Gasteiger partial charge in [-0.05, 0) is 48.1 Å². The van der Waals surface area contributed by atoms with Crippen molar-refractivity contribution < 1.29 is 24.5 Å². The van der Waals surface area contributed by atoms with Crippen molar-refractivity contribution in [3.63, 3.8) is 0 Å². The molecule has 3 N–H and O–H groups in total. The van der Waals surface area contributed by atoms with E-state index >= 15 is 0 Å². The molecule has 7 nitrogen and oxygen atoms in total. The molecule has 1 amide bonds. The van der Waals surface area contributed by atoms with Crippen molar-refractivity contribution in [3.8, 4) is 11.5 Å². The van der Waals surface area contributed by atoms with Gasteiger partial charge in [-0.3, -0.25) is 9.59 Å². The molecule has 7 heteroatoms. The molecule has 1 atom stereocenters. The normalized spacial score (nSPS) is 17.1. The lowest BCUT2D eigenvalue weighted by molar-refractivity contribution is -0.123. The van der Waals surface area contributed by atoms with Gasteiger partial charge in [0.25, 0.3) is 6.47 Å². The summed E-state index contributed by atoms with van der Waals surface area (Å²) < 4.78 is 5.28. The molecule has 0 fully saturated rings. The minimum atomic E-state index is -0.250. The first kappa shape index (κ1) is 21.5. The summed E-state index contributed by atoms with van der Waals surface area (Å²) in [5, 5.41) is 19.8. The first-order valence-electron chi connectivity index (χ1n) is 10.2. The number of anilines is 2. The molecule has 2 aromatic rings. The second kappa shape index (κ2) is 9.52. The van der Waals surface area contributed by atoms with Crippen molar-refractivity contribution in [2.75, 3.05) is 30.4 Å². The predicted octanol–water partition coefficient (Wildman–Crippen LogP) is 3.74. The van der Waals surface area contributed by atoms with Crippen LogP contribution < -0.4 is 15.0 Å². The molecule has 0 spiro atoms. The lowest BCUT2D eigenvalue weighted by Gasteiger charge is -2.33. The fourth-order valence-corrected chi connectivity index (χ4v) is 4.35. The number of rotatable bonds is 4. The van der Waals surface area contributed by atoms with Gasteiger partial charge in [0, 0.05) is 42.9 Å². The third kappa shape index (κ3) is 4.35. The Morgan fingerprint density at radius 2 is 2.07 bits per heavy atom. The Bertz CT molecular complexity index is 928. The Hall–Kier alpha value is -3.22. The molecule has 0 saturated heterocycles. The lowest BCUT2D eigenvalue weighted by Crippen LogP contribution is -2.30. The number of benzene rings is 2. The van der Waals surface area contributed by atoms with Gasteiger partial charge in [-0.2, -0.15) is 0 Å². The second-order valence-electron chi connectivity index (χ2n) is 7.50. The fraction of sp³-hybridized carbons (Fsp3) is 0.391. The van der Waals surface area contributed by atoms with Crippen molar-refractivity contribution in [2.45, 2.75) is 38.5 Å².